The molecule has 0 aromatic rings. The maximum absolute atomic E-state index is 4.53. The van der Waals surface area contributed by atoms with Crippen LogP contribution in [0.15, 0.2) is 5.16 Å². The number of nitrogens with zero attached hydrogens (tertiary/aromatic N) is 1. The Labute approximate surface area is 52.2 Å². The normalized spacial score (nSPS) is 7.75. The maximum atomic E-state index is 4.53. The Morgan fingerprint density at radius 1 is 1.75 bits per heavy atom. The maximum Gasteiger partial charge on any atom is 0.217 e. The summed E-state index contributed by atoms with van der Waals surface area (Å²) in [6.45, 7) is 0.197. The molecule has 4 heteroatoms. The molecule has 0 aliphatic carbocycles. The highest BCUT2D eigenvalue weighted by Gasteiger charge is 1.69. The molecule has 0 aliphatic rings. The zero-order valence-corrected chi connectivity index (χ0v) is 5.81. The standard InChI is InChI=1S/C4H9NO2S/c1-6-4-7-5-3-8-2/h8H,4H2,1-2H3. The van der Waals surface area contributed by atoms with Crippen molar-refractivity contribution >= 4 is 16.5 Å². The monoisotopic (exact) mass is 135 g/mol. The smallest absolute Gasteiger partial charge is 0.217 e. The first-order valence-corrected chi connectivity index (χ1v) is 3.40. The van der Waals surface area contributed by atoms with Gasteiger partial charge in [-0.25, -0.2) is 0 Å². The molecule has 0 saturated carbocycles. The highest BCUT2D eigenvalue weighted by Crippen LogP contribution is 1.73. The Hall–Kier alpha value is -0.310. The molecule has 0 radical (unpaired) electrons. The number of hydrogen-bond acceptors (Lipinski definition) is 3. The van der Waals surface area contributed by atoms with E-state index in [1.54, 1.807) is 7.11 Å². The Morgan fingerprint density at radius 3 is 3.00 bits per heavy atom. The fourth-order valence-electron chi connectivity index (χ4n) is 0.149. The minimum Gasteiger partial charge on any atom is -0.359 e. The molecule has 0 saturated heterocycles. The third-order valence-corrected chi connectivity index (χ3v) is 0.658. The molecule has 0 bridgehead atoms. The second kappa shape index (κ2) is 6.69. The van der Waals surface area contributed by atoms with E-state index < -0.39 is 0 Å². The zero-order valence-electron chi connectivity index (χ0n) is 4.92. The van der Waals surface area contributed by atoms with Gasteiger partial charge in [0.05, 0.1) is 5.16 Å². The van der Waals surface area contributed by atoms with Crippen LogP contribution in [-0.4, -0.2) is 25.3 Å². The Morgan fingerprint density at radius 2 is 2.50 bits per heavy atom. The highest BCUT2D eigenvalue weighted by molar-refractivity contribution is 7.96. The summed E-state index contributed by atoms with van der Waals surface area (Å²) in [6.07, 6.45) is 1.90. The third-order valence-electron chi connectivity index (χ3n) is 0.376. The average molecular weight is 135 g/mol. The number of hydrogen-bond donors (Lipinski definition) is 1. The first-order valence-electron chi connectivity index (χ1n) is 2.06. The highest BCUT2D eigenvalue weighted by atomic mass is 32.1. The van der Waals surface area contributed by atoms with Crippen LogP contribution in [0.2, 0.25) is 0 Å². The number of isothiocyanates is 1. The molecular weight excluding hydrogens is 126 g/mol. The van der Waals surface area contributed by atoms with E-state index >= 15 is 0 Å². The summed E-state index contributed by atoms with van der Waals surface area (Å²) in [4.78, 5) is 4.51. The molecule has 0 aromatic carbocycles. The molecule has 3 nitrogen and oxygen atoms in total. The number of rotatable bonds is 3. The van der Waals surface area contributed by atoms with Crippen molar-refractivity contribution in [2.24, 2.45) is 5.16 Å². The number of methoxy groups -OCH3 is 1. The zero-order chi connectivity index (χ0) is 6.24. The van der Waals surface area contributed by atoms with Gasteiger partial charge in [0, 0.05) is 7.11 Å². The van der Waals surface area contributed by atoms with Gasteiger partial charge in [-0.2, -0.15) is 0 Å². The van der Waals surface area contributed by atoms with Crippen molar-refractivity contribution in [1.29, 1.82) is 0 Å². The van der Waals surface area contributed by atoms with Crippen LogP contribution in [0.5, 0.6) is 0 Å². The molecule has 0 unspecified atom stereocenters. The number of thiol groups is 1. The summed E-state index contributed by atoms with van der Waals surface area (Å²) < 4.78 is 4.53. The van der Waals surface area contributed by atoms with E-state index in [0.717, 1.165) is 11.4 Å². The summed E-state index contributed by atoms with van der Waals surface area (Å²) in [5.74, 6) is 0. The molecule has 0 amide bonds. The van der Waals surface area contributed by atoms with E-state index in [4.69, 9.17) is 0 Å². The predicted octanol–water partition coefficient (Wildman–Crippen LogP) is 0.522. The fraction of sp³-hybridized carbons (Fsp3) is 0.750. The van der Waals surface area contributed by atoms with Crippen molar-refractivity contribution in [3.05, 3.63) is 0 Å². The minimum atomic E-state index is 0.197. The van der Waals surface area contributed by atoms with Crippen LogP contribution < -0.4 is 0 Å². The molecular formula is C4H9NO2S. The SMILES string of the molecule is COCON=C=[SH]C. The van der Waals surface area contributed by atoms with Crippen molar-refractivity contribution in [2.75, 3.05) is 20.2 Å². The van der Waals surface area contributed by atoms with Crippen LogP contribution in [0.25, 0.3) is 0 Å². The van der Waals surface area contributed by atoms with Gasteiger partial charge in [-0.15, -0.1) is 11.4 Å². The van der Waals surface area contributed by atoms with Crippen molar-refractivity contribution in [1.82, 2.24) is 0 Å². The van der Waals surface area contributed by atoms with Crippen LogP contribution in [0.4, 0.5) is 0 Å². The lowest BCUT2D eigenvalue weighted by molar-refractivity contribution is -0.0271. The van der Waals surface area contributed by atoms with E-state index in [0.29, 0.717) is 0 Å². The minimum absolute atomic E-state index is 0.197. The summed E-state index contributed by atoms with van der Waals surface area (Å²) in [5.41, 5.74) is 0. The largest absolute Gasteiger partial charge is 0.359 e. The van der Waals surface area contributed by atoms with Crippen LogP contribution in [0, 0.1) is 0 Å². The first-order chi connectivity index (χ1) is 3.91. The topological polar surface area (TPSA) is 30.8 Å². The molecule has 0 rings (SSSR count). The van der Waals surface area contributed by atoms with Gasteiger partial charge in [0.15, 0.2) is 0 Å². The van der Waals surface area contributed by atoms with Gasteiger partial charge in [-0.05, 0) is 11.4 Å². The molecule has 0 aliphatic heterocycles. The predicted molar refractivity (Wildman–Crippen MR) is 35.3 cm³/mol. The second-order valence-corrected chi connectivity index (χ2v) is 1.60. The van der Waals surface area contributed by atoms with E-state index in [2.05, 4.69) is 19.9 Å². The van der Waals surface area contributed by atoms with Crippen LogP contribution in [-0.2, 0) is 9.57 Å². The summed E-state index contributed by atoms with van der Waals surface area (Å²) in [7, 11) is 1.54. The molecule has 0 atom stereocenters. The quantitative estimate of drug-likeness (QED) is 0.153. The second-order valence-electron chi connectivity index (χ2n) is 0.951. The Balaban J connectivity index is 3.04. The van der Waals surface area contributed by atoms with Crippen molar-refractivity contribution < 1.29 is 9.57 Å². The van der Waals surface area contributed by atoms with E-state index in [9.17, 15) is 0 Å². The van der Waals surface area contributed by atoms with Gasteiger partial charge in [0.2, 0.25) is 6.79 Å². The van der Waals surface area contributed by atoms with E-state index in [-0.39, 0.29) is 6.79 Å². The third kappa shape index (κ3) is 5.69. The van der Waals surface area contributed by atoms with Gasteiger partial charge >= 0.3 is 0 Å². The average Bonchev–Trinajstić information content (AvgIpc) is 1.81. The van der Waals surface area contributed by atoms with Gasteiger partial charge in [0.1, 0.15) is 0 Å². The Bertz CT molecular complexity index is 98.2. The summed E-state index contributed by atoms with van der Waals surface area (Å²) in [6, 6.07) is 0. The van der Waals surface area contributed by atoms with Crippen molar-refractivity contribution in [3.63, 3.8) is 0 Å². The summed E-state index contributed by atoms with van der Waals surface area (Å²) in [5, 5.41) is 5.97. The van der Waals surface area contributed by atoms with Gasteiger partial charge in [-0.3, -0.25) is 0 Å². The molecule has 48 valence electrons. The molecule has 0 aromatic heterocycles. The number of ether oxygens (including phenoxy) is 1. The van der Waals surface area contributed by atoms with Crippen LogP contribution in [0.1, 0.15) is 0 Å². The first kappa shape index (κ1) is 7.69. The molecule has 8 heavy (non-hydrogen) atoms. The fourth-order valence-corrected chi connectivity index (χ4v) is 0.288. The lowest BCUT2D eigenvalue weighted by atomic mass is 11.4. The van der Waals surface area contributed by atoms with Crippen molar-refractivity contribution in [2.45, 2.75) is 0 Å². The van der Waals surface area contributed by atoms with Crippen molar-refractivity contribution in [3.8, 4) is 0 Å². The van der Waals surface area contributed by atoms with Crippen LogP contribution >= 0.6 is 11.4 Å². The lowest BCUT2D eigenvalue weighted by Gasteiger charge is -1.89. The lowest BCUT2D eigenvalue weighted by Crippen LogP contribution is -1.87. The van der Waals surface area contributed by atoms with Gasteiger partial charge in [0.25, 0.3) is 0 Å². The van der Waals surface area contributed by atoms with E-state index in [1.807, 2.05) is 6.26 Å². The molecule has 0 N–H and O–H groups in total. The molecule has 0 heterocycles. The van der Waals surface area contributed by atoms with Crippen LogP contribution in [0.3, 0.4) is 0 Å². The summed E-state index contributed by atoms with van der Waals surface area (Å²) >= 11 is 0.963. The molecule has 0 spiro atoms. The van der Waals surface area contributed by atoms with Gasteiger partial charge < -0.3 is 9.57 Å². The Kier molecular flexibility index (Phi) is 6.43. The van der Waals surface area contributed by atoms with Gasteiger partial charge in [-0.1, -0.05) is 0 Å². The van der Waals surface area contributed by atoms with E-state index in [1.165, 1.54) is 0 Å². The molecule has 0 fully saturated rings.